The Morgan fingerprint density at radius 1 is 1.14 bits per heavy atom. The molecule has 2 aromatic rings. The summed E-state index contributed by atoms with van der Waals surface area (Å²) in [4.78, 5) is 28.1. The van der Waals surface area contributed by atoms with Gasteiger partial charge in [-0.3, -0.25) is 9.59 Å². The van der Waals surface area contributed by atoms with Crippen LogP contribution in [0.3, 0.4) is 0 Å². The van der Waals surface area contributed by atoms with Crippen LogP contribution in [-0.4, -0.2) is 42.2 Å². The van der Waals surface area contributed by atoms with Crippen molar-refractivity contribution in [2.45, 2.75) is 37.8 Å². The third-order valence-corrected chi connectivity index (χ3v) is 5.35. The van der Waals surface area contributed by atoms with Crippen molar-refractivity contribution in [1.82, 2.24) is 10.2 Å². The molecule has 5 nitrogen and oxygen atoms in total. The lowest BCUT2D eigenvalue weighted by Crippen LogP contribution is -2.47. The zero-order valence-corrected chi connectivity index (χ0v) is 17.5. The second kappa shape index (κ2) is 11.4. The Morgan fingerprint density at radius 2 is 1.89 bits per heavy atom. The maximum absolute atomic E-state index is 12.9. The van der Waals surface area contributed by atoms with Gasteiger partial charge < -0.3 is 15.0 Å². The Kier molecular flexibility index (Phi) is 8.88. The van der Waals surface area contributed by atoms with Gasteiger partial charge in [0.15, 0.2) is 0 Å². The standard InChI is InChI=1S/C22H28N2O3S/c1-4-23-22(26)17(2)24(16-18-9-8-10-19(15-18)27-3)21(25)13-14-28-20-11-6-5-7-12-20/h5-12,15,17H,4,13-14,16H2,1-3H3,(H,23,26)/t17-/m0/s1. The monoisotopic (exact) mass is 400 g/mol. The van der Waals surface area contributed by atoms with Gasteiger partial charge in [0.1, 0.15) is 11.8 Å². The average molecular weight is 401 g/mol. The summed E-state index contributed by atoms with van der Waals surface area (Å²) in [5.74, 6) is 1.22. The van der Waals surface area contributed by atoms with Gasteiger partial charge in [-0.15, -0.1) is 11.8 Å². The summed E-state index contributed by atoms with van der Waals surface area (Å²) in [7, 11) is 1.61. The first-order valence-electron chi connectivity index (χ1n) is 9.43. The van der Waals surface area contributed by atoms with E-state index < -0.39 is 6.04 Å². The van der Waals surface area contributed by atoms with Crippen LogP contribution in [-0.2, 0) is 16.1 Å². The Balaban J connectivity index is 2.07. The van der Waals surface area contributed by atoms with Crippen LogP contribution in [0, 0.1) is 0 Å². The smallest absolute Gasteiger partial charge is 0.242 e. The highest BCUT2D eigenvalue weighted by Gasteiger charge is 2.25. The minimum absolute atomic E-state index is 0.0370. The third kappa shape index (κ3) is 6.60. The molecule has 6 heteroatoms. The van der Waals surface area contributed by atoms with Gasteiger partial charge in [0.25, 0.3) is 0 Å². The number of nitrogens with one attached hydrogen (secondary N) is 1. The van der Waals surface area contributed by atoms with E-state index in [4.69, 9.17) is 4.74 Å². The molecule has 0 saturated carbocycles. The Morgan fingerprint density at radius 3 is 2.57 bits per heavy atom. The molecule has 2 aromatic carbocycles. The molecule has 0 spiro atoms. The number of hydrogen-bond acceptors (Lipinski definition) is 4. The molecule has 0 bridgehead atoms. The van der Waals surface area contributed by atoms with Crippen LogP contribution in [0.4, 0.5) is 0 Å². The highest BCUT2D eigenvalue weighted by molar-refractivity contribution is 7.99. The maximum atomic E-state index is 12.9. The van der Waals surface area contributed by atoms with Crippen molar-refractivity contribution in [3.05, 3.63) is 60.2 Å². The van der Waals surface area contributed by atoms with Crippen molar-refractivity contribution in [2.24, 2.45) is 0 Å². The van der Waals surface area contributed by atoms with Crippen LogP contribution >= 0.6 is 11.8 Å². The van der Waals surface area contributed by atoms with Gasteiger partial charge in [0.05, 0.1) is 7.11 Å². The number of nitrogens with zero attached hydrogens (tertiary/aromatic N) is 1. The van der Waals surface area contributed by atoms with Crippen molar-refractivity contribution in [1.29, 1.82) is 0 Å². The minimum Gasteiger partial charge on any atom is -0.497 e. The van der Waals surface area contributed by atoms with Crippen molar-refractivity contribution < 1.29 is 14.3 Å². The Labute approximate surface area is 171 Å². The summed E-state index contributed by atoms with van der Waals surface area (Å²) in [6, 6.07) is 17.0. The van der Waals surface area contributed by atoms with Crippen molar-refractivity contribution in [3.8, 4) is 5.75 Å². The number of likely N-dealkylation sites (N-methyl/N-ethyl adjacent to an activating group) is 1. The van der Waals surface area contributed by atoms with Crippen LogP contribution in [0.25, 0.3) is 0 Å². The summed E-state index contributed by atoms with van der Waals surface area (Å²) in [5, 5.41) is 2.81. The van der Waals surface area contributed by atoms with Gasteiger partial charge in [0, 0.05) is 30.2 Å². The first kappa shape index (κ1) is 21.8. The van der Waals surface area contributed by atoms with E-state index >= 15 is 0 Å². The van der Waals surface area contributed by atoms with Crippen LogP contribution in [0.2, 0.25) is 0 Å². The Bertz CT molecular complexity index is 767. The van der Waals surface area contributed by atoms with Gasteiger partial charge in [-0.05, 0) is 43.7 Å². The van der Waals surface area contributed by atoms with Gasteiger partial charge >= 0.3 is 0 Å². The molecule has 0 aliphatic carbocycles. The van der Waals surface area contributed by atoms with E-state index in [0.717, 1.165) is 16.2 Å². The quantitative estimate of drug-likeness (QED) is 0.618. The molecule has 28 heavy (non-hydrogen) atoms. The van der Waals surface area contributed by atoms with E-state index in [1.165, 1.54) is 0 Å². The minimum atomic E-state index is -0.541. The number of methoxy groups -OCH3 is 1. The zero-order chi connectivity index (χ0) is 20.4. The van der Waals surface area contributed by atoms with Crippen LogP contribution in [0.5, 0.6) is 5.75 Å². The fourth-order valence-electron chi connectivity index (χ4n) is 2.79. The number of rotatable bonds is 10. The molecule has 0 unspecified atom stereocenters. The number of hydrogen-bond donors (Lipinski definition) is 1. The molecule has 0 fully saturated rings. The highest BCUT2D eigenvalue weighted by Crippen LogP contribution is 2.20. The topological polar surface area (TPSA) is 58.6 Å². The molecule has 0 heterocycles. The second-order valence-corrected chi connectivity index (χ2v) is 7.52. The predicted octanol–water partition coefficient (Wildman–Crippen LogP) is 3.73. The lowest BCUT2D eigenvalue weighted by Gasteiger charge is -2.29. The van der Waals surface area contributed by atoms with Crippen molar-refractivity contribution in [2.75, 3.05) is 19.4 Å². The van der Waals surface area contributed by atoms with Crippen LogP contribution in [0.1, 0.15) is 25.8 Å². The molecule has 150 valence electrons. The van der Waals surface area contributed by atoms with Gasteiger partial charge in [-0.25, -0.2) is 0 Å². The average Bonchev–Trinajstić information content (AvgIpc) is 2.72. The molecule has 2 rings (SSSR count). The van der Waals surface area contributed by atoms with E-state index in [0.29, 0.717) is 25.3 Å². The molecular weight excluding hydrogens is 372 g/mol. The molecule has 0 aliphatic rings. The van der Waals surface area contributed by atoms with E-state index in [1.807, 2.05) is 61.5 Å². The molecule has 0 radical (unpaired) electrons. The zero-order valence-electron chi connectivity index (χ0n) is 16.7. The van der Waals surface area contributed by atoms with Crippen molar-refractivity contribution >= 4 is 23.6 Å². The summed E-state index contributed by atoms with van der Waals surface area (Å²) >= 11 is 1.64. The number of amides is 2. The second-order valence-electron chi connectivity index (χ2n) is 6.36. The van der Waals surface area contributed by atoms with E-state index in [-0.39, 0.29) is 11.8 Å². The molecular formula is C22H28N2O3S. The SMILES string of the molecule is CCNC(=O)[C@H](C)N(Cc1cccc(OC)c1)C(=O)CCSc1ccccc1. The predicted molar refractivity (Wildman–Crippen MR) is 113 cm³/mol. The number of thioether (sulfide) groups is 1. The van der Waals surface area contributed by atoms with Gasteiger partial charge in [0.2, 0.25) is 11.8 Å². The first-order chi connectivity index (χ1) is 13.5. The molecule has 0 aliphatic heterocycles. The van der Waals surface area contributed by atoms with E-state index in [2.05, 4.69) is 5.32 Å². The summed E-state index contributed by atoms with van der Waals surface area (Å²) in [6.45, 7) is 4.54. The maximum Gasteiger partial charge on any atom is 0.242 e. The van der Waals surface area contributed by atoms with Gasteiger partial charge in [-0.2, -0.15) is 0 Å². The first-order valence-corrected chi connectivity index (χ1v) is 10.4. The number of benzene rings is 2. The number of carbonyl (C=O) groups is 2. The van der Waals surface area contributed by atoms with E-state index in [1.54, 1.807) is 30.7 Å². The summed E-state index contributed by atoms with van der Waals surface area (Å²) in [6.07, 6.45) is 0.368. The summed E-state index contributed by atoms with van der Waals surface area (Å²) in [5.41, 5.74) is 0.930. The molecule has 0 aromatic heterocycles. The number of ether oxygens (including phenoxy) is 1. The molecule has 1 atom stereocenters. The van der Waals surface area contributed by atoms with Gasteiger partial charge in [-0.1, -0.05) is 30.3 Å². The molecule has 0 saturated heterocycles. The highest BCUT2D eigenvalue weighted by atomic mass is 32.2. The lowest BCUT2D eigenvalue weighted by molar-refractivity contribution is -0.140. The third-order valence-electron chi connectivity index (χ3n) is 4.33. The lowest BCUT2D eigenvalue weighted by atomic mass is 10.1. The fraction of sp³-hybridized carbons (Fsp3) is 0.364. The fourth-order valence-corrected chi connectivity index (χ4v) is 3.65. The molecule has 2 amide bonds. The number of carbonyl (C=O) groups excluding carboxylic acids is 2. The Hall–Kier alpha value is -2.47. The normalized spacial score (nSPS) is 11.5. The van der Waals surface area contributed by atoms with E-state index in [9.17, 15) is 9.59 Å². The van der Waals surface area contributed by atoms with Crippen LogP contribution < -0.4 is 10.1 Å². The summed E-state index contributed by atoms with van der Waals surface area (Å²) < 4.78 is 5.27. The van der Waals surface area contributed by atoms with Crippen LogP contribution in [0.15, 0.2) is 59.5 Å². The largest absolute Gasteiger partial charge is 0.497 e. The molecule has 1 N–H and O–H groups in total. The van der Waals surface area contributed by atoms with Crippen molar-refractivity contribution in [3.63, 3.8) is 0 Å².